The summed E-state index contributed by atoms with van der Waals surface area (Å²) < 4.78 is 7.27. The number of hydrogen-bond acceptors (Lipinski definition) is 6. The first-order chi connectivity index (χ1) is 14.5. The number of thioether (sulfide) groups is 1. The molecule has 0 saturated carbocycles. The molecule has 2 aromatic heterocycles. The molecule has 1 N–H and O–H groups in total. The van der Waals surface area contributed by atoms with Crippen molar-refractivity contribution < 1.29 is 9.53 Å². The summed E-state index contributed by atoms with van der Waals surface area (Å²) in [6, 6.07) is 7.81. The average molecular weight is 446 g/mol. The van der Waals surface area contributed by atoms with Crippen LogP contribution in [0.3, 0.4) is 0 Å². The van der Waals surface area contributed by atoms with Crippen molar-refractivity contribution >= 4 is 35.0 Å². The maximum atomic E-state index is 12.1. The molecule has 30 heavy (non-hydrogen) atoms. The highest BCUT2D eigenvalue weighted by Gasteiger charge is 2.18. The van der Waals surface area contributed by atoms with Crippen LogP contribution in [0.4, 0.5) is 0 Å². The third kappa shape index (κ3) is 4.77. The van der Waals surface area contributed by atoms with Crippen molar-refractivity contribution in [1.82, 2.24) is 24.9 Å². The molecule has 1 aromatic carbocycles. The number of hydrogen-bond donors (Lipinski definition) is 1. The molecule has 1 atom stereocenters. The fraction of sp³-hybridized carbons (Fsp3) is 0.429. The summed E-state index contributed by atoms with van der Waals surface area (Å²) in [7, 11) is 0. The summed E-state index contributed by atoms with van der Waals surface area (Å²) in [5.74, 6) is 0.749. The Labute approximate surface area is 184 Å². The van der Waals surface area contributed by atoms with Gasteiger partial charge in [-0.2, -0.15) is 4.98 Å². The number of fused-ring (bicyclic) bond motifs is 1. The van der Waals surface area contributed by atoms with E-state index < -0.39 is 0 Å². The minimum absolute atomic E-state index is 0.0466. The van der Waals surface area contributed by atoms with E-state index >= 15 is 0 Å². The predicted octanol–water partition coefficient (Wildman–Crippen LogP) is 3.37. The second kappa shape index (κ2) is 9.32. The Morgan fingerprint density at radius 2 is 2.17 bits per heavy atom. The minimum Gasteiger partial charge on any atom is -0.376 e. The van der Waals surface area contributed by atoms with Gasteiger partial charge in [-0.3, -0.25) is 4.79 Å². The number of aromatic nitrogens is 4. The van der Waals surface area contributed by atoms with Gasteiger partial charge in [0.2, 0.25) is 11.1 Å². The second-order valence-electron chi connectivity index (χ2n) is 7.36. The number of nitrogens with one attached hydrogen (secondary N) is 1. The number of carbonyl (C=O) groups is 1. The Morgan fingerprint density at radius 3 is 2.93 bits per heavy atom. The third-order valence-corrected chi connectivity index (χ3v) is 6.44. The van der Waals surface area contributed by atoms with Crippen molar-refractivity contribution in [1.29, 1.82) is 0 Å². The van der Waals surface area contributed by atoms with E-state index in [1.807, 2.05) is 38.1 Å². The summed E-state index contributed by atoms with van der Waals surface area (Å²) in [5, 5.41) is 8.74. The van der Waals surface area contributed by atoms with Crippen LogP contribution in [-0.4, -0.2) is 50.5 Å². The summed E-state index contributed by atoms with van der Waals surface area (Å²) in [6.45, 7) is 5.32. The van der Waals surface area contributed by atoms with E-state index in [1.54, 1.807) is 4.52 Å². The zero-order chi connectivity index (χ0) is 21.1. The quantitative estimate of drug-likeness (QED) is 0.561. The maximum absolute atomic E-state index is 12.1. The molecule has 158 valence electrons. The molecular formula is C21H24ClN5O2S. The number of ether oxygens (including phenoxy) is 1. The smallest absolute Gasteiger partial charge is 0.253 e. The Morgan fingerprint density at radius 1 is 1.33 bits per heavy atom. The molecule has 0 bridgehead atoms. The van der Waals surface area contributed by atoms with E-state index in [2.05, 4.69) is 20.4 Å². The number of benzene rings is 1. The summed E-state index contributed by atoms with van der Waals surface area (Å²) in [6.07, 6.45) is 2.87. The van der Waals surface area contributed by atoms with Gasteiger partial charge in [0.15, 0.2) is 0 Å². The molecule has 0 spiro atoms. The Kier molecular flexibility index (Phi) is 6.55. The number of halogens is 1. The largest absolute Gasteiger partial charge is 0.376 e. The normalized spacial score (nSPS) is 16.3. The van der Waals surface area contributed by atoms with Gasteiger partial charge in [-0.25, -0.2) is 9.50 Å². The third-order valence-electron chi connectivity index (χ3n) is 5.24. The highest BCUT2D eigenvalue weighted by atomic mass is 35.5. The number of amides is 1. The first kappa shape index (κ1) is 21.1. The highest BCUT2D eigenvalue weighted by Crippen LogP contribution is 2.24. The van der Waals surface area contributed by atoms with Crippen LogP contribution in [0, 0.1) is 13.8 Å². The van der Waals surface area contributed by atoms with Crippen LogP contribution in [0.1, 0.15) is 35.4 Å². The fourth-order valence-electron chi connectivity index (χ4n) is 3.55. The average Bonchev–Trinajstić information content (AvgIpc) is 3.39. The van der Waals surface area contributed by atoms with Gasteiger partial charge in [-0.1, -0.05) is 41.6 Å². The van der Waals surface area contributed by atoms with Crippen molar-refractivity contribution in [2.24, 2.45) is 0 Å². The van der Waals surface area contributed by atoms with Crippen LogP contribution in [-0.2, 0) is 16.0 Å². The standard InChI is InChI=1S/C21H24ClN5O2S/c1-13-17(10-15-6-3-4-8-18(15)22)14(2)27-20(24-13)25-21(26-27)30-12-19(28)23-11-16-7-5-9-29-16/h3-4,6,8,16H,5,7,9-12H2,1-2H3,(H,23,28)/t16-/m0/s1. The van der Waals surface area contributed by atoms with E-state index in [1.165, 1.54) is 11.8 Å². The number of aryl methyl sites for hydroxylation is 2. The molecule has 1 aliphatic rings. The molecule has 1 aliphatic heterocycles. The molecule has 9 heteroatoms. The zero-order valence-corrected chi connectivity index (χ0v) is 18.6. The van der Waals surface area contributed by atoms with Crippen LogP contribution >= 0.6 is 23.4 Å². The molecule has 4 rings (SSSR count). The molecule has 1 fully saturated rings. The monoisotopic (exact) mass is 445 g/mol. The van der Waals surface area contributed by atoms with Gasteiger partial charge in [0.25, 0.3) is 5.78 Å². The number of rotatable bonds is 7. The van der Waals surface area contributed by atoms with Gasteiger partial charge in [0.1, 0.15) is 0 Å². The number of carbonyl (C=O) groups excluding carboxylic acids is 1. The van der Waals surface area contributed by atoms with E-state index in [-0.39, 0.29) is 17.8 Å². The molecule has 1 saturated heterocycles. The molecule has 0 unspecified atom stereocenters. The Bertz CT molecular complexity index is 1060. The molecule has 0 aliphatic carbocycles. The van der Waals surface area contributed by atoms with Gasteiger partial charge in [0.05, 0.1) is 11.9 Å². The lowest BCUT2D eigenvalue weighted by atomic mass is 10.0. The van der Waals surface area contributed by atoms with Crippen LogP contribution in [0.25, 0.3) is 5.78 Å². The SMILES string of the molecule is Cc1nc2nc(SCC(=O)NC[C@@H]3CCCO3)nn2c(C)c1Cc1ccccc1Cl. The topological polar surface area (TPSA) is 81.4 Å². The zero-order valence-electron chi connectivity index (χ0n) is 17.0. The Balaban J connectivity index is 1.45. The minimum atomic E-state index is -0.0466. The van der Waals surface area contributed by atoms with Crippen LogP contribution in [0.5, 0.6) is 0 Å². The molecule has 7 nitrogen and oxygen atoms in total. The summed E-state index contributed by atoms with van der Waals surface area (Å²) in [5.41, 5.74) is 3.99. The lowest BCUT2D eigenvalue weighted by Gasteiger charge is -2.11. The van der Waals surface area contributed by atoms with Crippen LogP contribution in [0.2, 0.25) is 5.02 Å². The molecular weight excluding hydrogens is 422 g/mol. The second-order valence-corrected chi connectivity index (χ2v) is 8.71. The molecule has 1 amide bonds. The van der Waals surface area contributed by atoms with Crippen molar-refractivity contribution in [2.75, 3.05) is 18.9 Å². The lowest BCUT2D eigenvalue weighted by Crippen LogP contribution is -2.32. The van der Waals surface area contributed by atoms with Crippen molar-refractivity contribution in [3.8, 4) is 0 Å². The van der Waals surface area contributed by atoms with Gasteiger partial charge in [0, 0.05) is 36.0 Å². The summed E-state index contributed by atoms with van der Waals surface area (Å²) >= 11 is 7.64. The van der Waals surface area contributed by atoms with E-state index in [9.17, 15) is 4.79 Å². The summed E-state index contributed by atoms with van der Waals surface area (Å²) in [4.78, 5) is 21.2. The van der Waals surface area contributed by atoms with Crippen LogP contribution < -0.4 is 5.32 Å². The van der Waals surface area contributed by atoms with Gasteiger partial charge >= 0.3 is 0 Å². The molecule has 3 aromatic rings. The van der Waals surface area contributed by atoms with E-state index in [0.29, 0.717) is 23.9 Å². The lowest BCUT2D eigenvalue weighted by molar-refractivity contribution is -0.119. The number of nitrogens with zero attached hydrogens (tertiary/aromatic N) is 4. The van der Waals surface area contributed by atoms with Crippen molar-refractivity contribution in [3.05, 3.63) is 51.8 Å². The fourth-order valence-corrected chi connectivity index (χ4v) is 4.40. The van der Waals surface area contributed by atoms with E-state index in [4.69, 9.17) is 16.3 Å². The van der Waals surface area contributed by atoms with Gasteiger partial charge in [-0.05, 0) is 43.9 Å². The van der Waals surface area contributed by atoms with Crippen LogP contribution in [0.15, 0.2) is 29.4 Å². The predicted molar refractivity (Wildman–Crippen MR) is 117 cm³/mol. The van der Waals surface area contributed by atoms with Gasteiger partial charge < -0.3 is 10.1 Å². The maximum Gasteiger partial charge on any atom is 0.253 e. The highest BCUT2D eigenvalue weighted by molar-refractivity contribution is 7.99. The van der Waals surface area contributed by atoms with Gasteiger partial charge in [-0.15, -0.1) is 5.10 Å². The Hall–Kier alpha value is -2.16. The first-order valence-electron chi connectivity index (χ1n) is 9.98. The molecule has 3 heterocycles. The van der Waals surface area contributed by atoms with Crippen molar-refractivity contribution in [3.63, 3.8) is 0 Å². The molecule has 0 radical (unpaired) electrons. The van der Waals surface area contributed by atoms with E-state index in [0.717, 1.165) is 47.0 Å². The van der Waals surface area contributed by atoms with Crippen molar-refractivity contribution in [2.45, 2.75) is 44.4 Å². The first-order valence-corrected chi connectivity index (χ1v) is 11.3.